The van der Waals surface area contributed by atoms with Gasteiger partial charge in [0.05, 0.1) is 12.3 Å². The van der Waals surface area contributed by atoms with Crippen molar-refractivity contribution in [2.45, 2.75) is 18.8 Å². The van der Waals surface area contributed by atoms with Crippen LogP contribution in [0, 0.1) is 0 Å². The zero-order chi connectivity index (χ0) is 12.0. The second-order valence-electron chi connectivity index (χ2n) is 3.07. The predicted octanol–water partition coefficient (Wildman–Crippen LogP) is 3.10. The van der Waals surface area contributed by atoms with Crippen LogP contribution < -0.4 is 0 Å². The van der Waals surface area contributed by atoms with Crippen LogP contribution in [0.2, 0.25) is 0 Å². The highest BCUT2D eigenvalue weighted by Crippen LogP contribution is 2.28. The molecule has 1 atom stereocenters. The molecular formula is C10H12ClN3O2. The Morgan fingerprint density at radius 2 is 2.38 bits per heavy atom. The zero-order valence-electron chi connectivity index (χ0n) is 9.05. The Kier molecular flexibility index (Phi) is 4.37. The number of carbonyl (C=O) groups excluding carboxylic acids is 1. The fraction of sp³-hybridized carbons (Fsp3) is 0.400. The lowest BCUT2D eigenvalue weighted by Gasteiger charge is -2.13. The summed E-state index contributed by atoms with van der Waals surface area (Å²) in [6.07, 6.45) is 0.834. The van der Waals surface area contributed by atoms with Gasteiger partial charge in [-0.15, -0.1) is 0 Å². The molecule has 0 aromatic carbocycles. The van der Waals surface area contributed by atoms with Gasteiger partial charge < -0.3 is 4.74 Å². The van der Waals surface area contributed by atoms with Crippen molar-refractivity contribution in [2.75, 3.05) is 6.61 Å². The van der Waals surface area contributed by atoms with E-state index in [4.69, 9.17) is 11.6 Å². The van der Waals surface area contributed by atoms with Crippen molar-refractivity contribution < 1.29 is 9.53 Å². The van der Waals surface area contributed by atoms with Gasteiger partial charge in [0.15, 0.2) is 5.00 Å². The summed E-state index contributed by atoms with van der Waals surface area (Å²) < 4.78 is 4.59. The molecule has 0 spiro atoms. The molecule has 1 unspecified atom stereocenters. The lowest BCUT2D eigenvalue weighted by atomic mass is 10.2. The average Bonchev–Trinajstić information content (AvgIpc) is 2.28. The minimum Gasteiger partial charge on any atom is -0.447 e. The van der Waals surface area contributed by atoms with Gasteiger partial charge in [-0.2, -0.15) is 5.11 Å². The van der Waals surface area contributed by atoms with Crippen LogP contribution in [0.3, 0.4) is 0 Å². The summed E-state index contributed by atoms with van der Waals surface area (Å²) in [4.78, 5) is 13.8. The van der Waals surface area contributed by atoms with Crippen molar-refractivity contribution >= 4 is 17.7 Å². The molecule has 0 saturated heterocycles. The van der Waals surface area contributed by atoms with Gasteiger partial charge in [0.2, 0.25) is 0 Å². The third kappa shape index (κ3) is 3.58. The van der Waals surface area contributed by atoms with Crippen LogP contribution in [-0.2, 0) is 9.73 Å². The van der Waals surface area contributed by atoms with Crippen LogP contribution in [0.25, 0.3) is 0 Å². The Balaban J connectivity index is 2.76. The molecule has 0 aliphatic heterocycles. The van der Waals surface area contributed by atoms with Crippen molar-refractivity contribution in [3.63, 3.8) is 0 Å². The van der Waals surface area contributed by atoms with Gasteiger partial charge in [0.25, 0.3) is 0 Å². The number of hydrogen-bond donors (Lipinski definition) is 0. The van der Waals surface area contributed by atoms with Gasteiger partial charge in [0.1, 0.15) is 0 Å². The van der Waals surface area contributed by atoms with E-state index < -0.39 is 11.1 Å². The second kappa shape index (κ2) is 5.55. The molecule has 5 nitrogen and oxygen atoms in total. The van der Waals surface area contributed by atoms with Gasteiger partial charge in [-0.05, 0) is 26.0 Å². The summed E-state index contributed by atoms with van der Waals surface area (Å²) in [7, 11) is 0. The molecule has 1 aromatic heterocycles. The number of carbonyl (C=O) groups is 1. The minimum absolute atomic E-state index is 0.250. The molecule has 6 heteroatoms. The summed E-state index contributed by atoms with van der Waals surface area (Å²) in [5.41, 5.74) is 0.518. The second-order valence-corrected chi connectivity index (χ2v) is 3.80. The smallest absolute Gasteiger partial charge is 0.447 e. The van der Waals surface area contributed by atoms with Crippen LogP contribution in [0.5, 0.6) is 0 Å². The predicted molar refractivity (Wildman–Crippen MR) is 59.3 cm³/mol. The largest absolute Gasteiger partial charge is 0.452 e. The number of pyridine rings is 1. The number of nitrogens with zero attached hydrogens (tertiary/aromatic N) is 3. The van der Waals surface area contributed by atoms with Gasteiger partial charge in [-0.25, -0.2) is 4.79 Å². The van der Waals surface area contributed by atoms with Crippen molar-refractivity contribution in [1.29, 1.82) is 0 Å². The third-order valence-corrected chi connectivity index (χ3v) is 1.99. The number of azo groups is 1. The molecule has 1 aromatic rings. The first-order chi connectivity index (χ1) is 7.56. The number of alkyl halides is 1. The molecule has 0 aliphatic rings. The van der Waals surface area contributed by atoms with E-state index in [-0.39, 0.29) is 6.61 Å². The normalized spacial score (nSPS) is 14.7. The van der Waals surface area contributed by atoms with Gasteiger partial charge in [0, 0.05) is 6.20 Å². The maximum absolute atomic E-state index is 11.0. The molecule has 0 N–H and O–H groups in total. The van der Waals surface area contributed by atoms with Crippen molar-refractivity contribution in [1.82, 2.24) is 4.98 Å². The number of amides is 1. The van der Waals surface area contributed by atoms with E-state index in [0.717, 1.165) is 0 Å². The molecule has 0 fully saturated rings. The summed E-state index contributed by atoms with van der Waals surface area (Å²) in [6, 6.07) is 5.25. The SMILES string of the molecule is CCOC(=O)N=NC(C)(Cl)c1ccccn1. The summed E-state index contributed by atoms with van der Waals surface area (Å²) in [5, 5.41) is 7.05. The first-order valence-electron chi connectivity index (χ1n) is 4.76. The van der Waals surface area contributed by atoms with E-state index in [0.29, 0.717) is 5.69 Å². The average molecular weight is 242 g/mol. The first-order valence-corrected chi connectivity index (χ1v) is 5.14. The van der Waals surface area contributed by atoms with Crippen LogP contribution in [0.1, 0.15) is 19.5 Å². The molecule has 1 rings (SSSR count). The van der Waals surface area contributed by atoms with E-state index in [2.05, 4.69) is 19.9 Å². The van der Waals surface area contributed by atoms with Gasteiger partial charge >= 0.3 is 6.09 Å². The Morgan fingerprint density at radius 3 is 2.94 bits per heavy atom. The zero-order valence-corrected chi connectivity index (χ0v) is 9.81. The fourth-order valence-corrected chi connectivity index (χ4v) is 1.12. The van der Waals surface area contributed by atoms with Crippen molar-refractivity contribution in [3.8, 4) is 0 Å². The summed E-state index contributed by atoms with van der Waals surface area (Å²) in [6.45, 7) is 3.53. The molecule has 0 bridgehead atoms. The number of ether oxygens (including phenoxy) is 1. The van der Waals surface area contributed by atoms with E-state index in [1.807, 2.05) is 0 Å². The number of rotatable bonds is 3. The molecule has 0 saturated carbocycles. The Labute approximate surface area is 98.5 Å². The molecule has 1 heterocycles. The van der Waals surface area contributed by atoms with Crippen molar-refractivity contribution in [2.24, 2.45) is 10.2 Å². The quantitative estimate of drug-likeness (QED) is 0.464. The maximum atomic E-state index is 11.0. The van der Waals surface area contributed by atoms with Crippen LogP contribution in [0.15, 0.2) is 34.6 Å². The number of halogens is 1. The lowest BCUT2D eigenvalue weighted by Crippen LogP contribution is -2.12. The lowest BCUT2D eigenvalue weighted by molar-refractivity contribution is 0.161. The molecule has 0 aliphatic carbocycles. The maximum Gasteiger partial charge on any atom is 0.452 e. The third-order valence-electron chi connectivity index (χ3n) is 1.72. The van der Waals surface area contributed by atoms with Gasteiger partial charge in [-0.1, -0.05) is 22.8 Å². The Bertz CT molecular complexity index is 379. The van der Waals surface area contributed by atoms with E-state index in [1.165, 1.54) is 0 Å². The Hall–Kier alpha value is -1.49. The fourth-order valence-electron chi connectivity index (χ4n) is 0.971. The molecule has 86 valence electrons. The van der Waals surface area contributed by atoms with Crippen molar-refractivity contribution in [3.05, 3.63) is 30.1 Å². The summed E-state index contributed by atoms with van der Waals surface area (Å²) in [5.74, 6) is 0. The molecule has 1 amide bonds. The highest BCUT2D eigenvalue weighted by molar-refractivity contribution is 6.23. The minimum atomic E-state index is -1.16. The Morgan fingerprint density at radius 1 is 1.62 bits per heavy atom. The standard InChI is InChI=1S/C10H12ClN3O2/c1-3-16-9(15)13-14-10(2,11)8-6-4-5-7-12-8/h4-7H,3H2,1-2H3. The molecule has 16 heavy (non-hydrogen) atoms. The van der Waals surface area contributed by atoms with Crippen LogP contribution >= 0.6 is 11.6 Å². The van der Waals surface area contributed by atoms with Crippen LogP contribution in [0.4, 0.5) is 4.79 Å². The monoisotopic (exact) mass is 241 g/mol. The number of hydrogen-bond acceptors (Lipinski definition) is 4. The molecular weight excluding hydrogens is 230 g/mol. The van der Waals surface area contributed by atoms with Crippen LogP contribution in [-0.4, -0.2) is 17.7 Å². The van der Waals surface area contributed by atoms with E-state index in [9.17, 15) is 4.79 Å². The molecule has 0 radical (unpaired) electrons. The highest BCUT2D eigenvalue weighted by atomic mass is 35.5. The van der Waals surface area contributed by atoms with E-state index >= 15 is 0 Å². The topological polar surface area (TPSA) is 63.9 Å². The highest BCUT2D eigenvalue weighted by Gasteiger charge is 2.24. The first kappa shape index (κ1) is 12.6. The van der Waals surface area contributed by atoms with E-state index in [1.54, 1.807) is 38.2 Å². The van der Waals surface area contributed by atoms with Gasteiger partial charge in [-0.3, -0.25) is 4.98 Å². The number of aromatic nitrogens is 1. The summed E-state index contributed by atoms with van der Waals surface area (Å²) >= 11 is 6.08.